The van der Waals surface area contributed by atoms with Crippen molar-refractivity contribution in [2.75, 3.05) is 6.54 Å². The van der Waals surface area contributed by atoms with Crippen LogP contribution in [0, 0.1) is 5.92 Å². The van der Waals surface area contributed by atoms with E-state index in [0.717, 1.165) is 30.8 Å². The maximum atomic E-state index is 6.02. The molecule has 0 radical (unpaired) electrons. The Morgan fingerprint density at radius 3 is 2.40 bits per heavy atom. The lowest BCUT2D eigenvalue weighted by Crippen LogP contribution is -2.17. The lowest BCUT2D eigenvalue weighted by Gasteiger charge is -2.15. The molecule has 2 aromatic carbocycles. The van der Waals surface area contributed by atoms with Crippen LogP contribution < -0.4 is 5.73 Å². The molecular weight excluding hydrogens is 266 g/mol. The number of halogens is 1. The van der Waals surface area contributed by atoms with E-state index < -0.39 is 0 Å². The van der Waals surface area contributed by atoms with E-state index in [1.807, 2.05) is 18.2 Å². The molecule has 0 aromatic heterocycles. The summed E-state index contributed by atoms with van der Waals surface area (Å²) in [5.41, 5.74) is 8.60. The van der Waals surface area contributed by atoms with Gasteiger partial charge in [-0.15, -0.1) is 0 Å². The largest absolute Gasteiger partial charge is 0.330 e. The first-order chi connectivity index (χ1) is 9.78. The highest BCUT2D eigenvalue weighted by Crippen LogP contribution is 2.18. The molecule has 0 spiro atoms. The summed E-state index contributed by atoms with van der Waals surface area (Å²) in [6.45, 7) is 0.737. The first-order valence-corrected chi connectivity index (χ1v) is 7.64. The highest BCUT2D eigenvalue weighted by atomic mass is 35.5. The van der Waals surface area contributed by atoms with Gasteiger partial charge in [0.1, 0.15) is 0 Å². The van der Waals surface area contributed by atoms with Gasteiger partial charge >= 0.3 is 0 Å². The topological polar surface area (TPSA) is 26.0 Å². The van der Waals surface area contributed by atoms with Gasteiger partial charge < -0.3 is 5.73 Å². The molecule has 2 rings (SSSR count). The third-order valence-electron chi connectivity index (χ3n) is 3.67. The first kappa shape index (κ1) is 15.1. The Bertz CT molecular complexity index is 510. The van der Waals surface area contributed by atoms with E-state index in [0.29, 0.717) is 5.92 Å². The van der Waals surface area contributed by atoms with Gasteiger partial charge in [-0.05, 0) is 61.4 Å². The zero-order chi connectivity index (χ0) is 14.2. The normalized spacial score (nSPS) is 12.3. The Morgan fingerprint density at radius 1 is 0.950 bits per heavy atom. The molecule has 20 heavy (non-hydrogen) atoms. The van der Waals surface area contributed by atoms with Crippen molar-refractivity contribution in [2.24, 2.45) is 11.7 Å². The minimum absolute atomic E-state index is 0.539. The second-order valence-electron chi connectivity index (χ2n) is 5.31. The van der Waals surface area contributed by atoms with Crippen LogP contribution in [0.1, 0.15) is 24.0 Å². The van der Waals surface area contributed by atoms with E-state index in [9.17, 15) is 0 Å². The molecule has 106 valence electrons. The average Bonchev–Trinajstić information content (AvgIpc) is 2.47. The van der Waals surface area contributed by atoms with E-state index in [1.165, 1.54) is 17.5 Å². The van der Waals surface area contributed by atoms with E-state index in [4.69, 9.17) is 17.3 Å². The number of rotatable bonds is 7. The first-order valence-electron chi connectivity index (χ1n) is 7.26. The molecule has 0 saturated carbocycles. The Hall–Kier alpha value is -1.31. The molecular formula is C18H22ClN. The van der Waals surface area contributed by atoms with Crippen molar-refractivity contribution in [3.63, 3.8) is 0 Å². The predicted octanol–water partition coefficient (Wildman–Crippen LogP) is 4.48. The molecule has 0 heterocycles. The summed E-state index contributed by atoms with van der Waals surface area (Å²) in [6.07, 6.45) is 4.50. The summed E-state index contributed by atoms with van der Waals surface area (Å²) in [5.74, 6) is 0.539. The monoisotopic (exact) mass is 287 g/mol. The molecule has 0 fully saturated rings. The van der Waals surface area contributed by atoms with Gasteiger partial charge in [-0.2, -0.15) is 0 Å². The Kier molecular flexibility index (Phi) is 6.10. The number of hydrogen-bond acceptors (Lipinski definition) is 1. The molecule has 2 heteroatoms. The van der Waals surface area contributed by atoms with Crippen LogP contribution in [0.2, 0.25) is 5.02 Å². The standard InChI is InChI=1S/C18H22ClN/c19-18-11-5-9-16(13-18)12-17(14-20)10-4-8-15-6-2-1-3-7-15/h1-3,5-7,9,11,13,17H,4,8,10,12,14,20H2. The summed E-state index contributed by atoms with van der Waals surface area (Å²) in [4.78, 5) is 0. The molecule has 1 unspecified atom stereocenters. The van der Waals surface area contributed by atoms with E-state index in [2.05, 4.69) is 36.4 Å². The molecule has 2 aromatic rings. The van der Waals surface area contributed by atoms with Crippen molar-refractivity contribution in [2.45, 2.75) is 25.7 Å². The van der Waals surface area contributed by atoms with Crippen LogP contribution in [0.25, 0.3) is 0 Å². The zero-order valence-electron chi connectivity index (χ0n) is 11.8. The van der Waals surface area contributed by atoms with E-state index in [-0.39, 0.29) is 0 Å². The number of hydrogen-bond donors (Lipinski definition) is 1. The number of nitrogens with two attached hydrogens (primary N) is 1. The summed E-state index contributed by atoms with van der Waals surface area (Å²) < 4.78 is 0. The van der Waals surface area contributed by atoms with Crippen molar-refractivity contribution in [3.8, 4) is 0 Å². The van der Waals surface area contributed by atoms with Crippen LogP contribution in [0.15, 0.2) is 54.6 Å². The van der Waals surface area contributed by atoms with Gasteiger partial charge in [-0.3, -0.25) is 0 Å². The highest BCUT2D eigenvalue weighted by molar-refractivity contribution is 6.30. The Labute approximate surface area is 126 Å². The molecule has 1 atom stereocenters. The van der Waals surface area contributed by atoms with Gasteiger partial charge in [0.25, 0.3) is 0 Å². The second kappa shape index (κ2) is 8.08. The van der Waals surface area contributed by atoms with Crippen LogP contribution in [0.3, 0.4) is 0 Å². The Balaban J connectivity index is 1.80. The van der Waals surface area contributed by atoms with Crippen LogP contribution in [-0.4, -0.2) is 6.54 Å². The summed E-state index contributed by atoms with van der Waals surface area (Å²) in [6, 6.07) is 18.7. The van der Waals surface area contributed by atoms with E-state index in [1.54, 1.807) is 0 Å². The lowest BCUT2D eigenvalue weighted by atomic mass is 9.93. The second-order valence-corrected chi connectivity index (χ2v) is 5.75. The maximum Gasteiger partial charge on any atom is 0.0408 e. The van der Waals surface area contributed by atoms with Gasteiger partial charge in [-0.1, -0.05) is 54.1 Å². The fourth-order valence-corrected chi connectivity index (χ4v) is 2.75. The van der Waals surface area contributed by atoms with Crippen LogP contribution in [0.4, 0.5) is 0 Å². The highest BCUT2D eigenvalue weighted by Gasteiger charge is 2.08. The van der Waals surface area contributed by atoms with Crippen molar-refractivity contribution in [1.82, 2.24) is 0 Å². The predicted molar refractivity (Wildman–Crippen MR) is 87.1 cm³/mol. The van der Waals surface area contributed by atoms with Crippen LogP contribution >= 0.6 is 11.6 Å². The molecule has 0 aliphatic heterocycles. The van der Waals surface area contributed by atoms with Crippen LogP contribution in [0.5, 0.6) is 0 Å². The summed E-state index contributed by atoms with van der Waals surface area (Å²) in [5, 5.41) is 0.808. The molecule has 1 nitrogen and oxygen atoms in total. The van der Waals surface area contributed by atoms with Crippen molar-refractivity contribution >= 4 is 11.6 Å². The van der Waals surface area contributed by atoms with E-state index >= 15 is 0 Å². The van der Waals surface area contributed by atoms with Gasteiger partial charge in [0.05, 0.1) is 0 Å². The molecule has 0 saturated heterocycles. The molecule has 0 aliphatic rings. The zero-order valence-corrected chi connectivity index (χ0v) is 12.5. The van der Waals surface area contributed by atoms with Gasteiger partial charge in [0.2, 0.25) is 0 Å². The summed E-state index contributed by atoms with van der Waals surface area (Å²) >= 11 is 6.02. The lowest BCUT2D eigenvalue weighted by molar-refractivity contribution is 0.476. The van der Waals surface area contributed by atoms with Crippen molar-refractivity contribution in [1.29, 1.82) is 0 Å². The fraction of sp³-hybridized carbons (Fsp3) is 0.333. The van der Waals surface area contributed by atoms with Gasteiger partial charge in [0.15, 0.2) is 0 Å². The smallest absolute Gasteiger partial charge is 0.0408 e. The quantitative estimate of drug-likeness (QED) is 0.798. The maximum absolute atomic E-state index is 6.02. The molecule has 0 amide bonds. The minimum Gasteiger partial charge on any atom is -0.330 e. The third-order valence-corrected chi connectivity index (χ3v) is 3.90. The Morgan fingerprint density at radius 2 is 1.70 bits per heavy atom. The average molecular weight is 288 g/mol. The van der Waals surface area contributed by atoms with Crippen molar-refractivity contribution < 1.29 is 0 Å². The van der Waals surface area contributed by atoms with Gasteiger partial charge in [-0.25, -0.2) is 0 Å². The number of aryl methyl sites for hydroxylation is 1. The molecule has 0 bridgehead atoms. The minimum atomic E-state index is 0.539. The van der Waals surface area contributed by atoms with Crippen LogP contribution in [-0.2, 0) is 12.8 Å². The number of benzene rings is 2. The fourth-order valence-electron chi connectivity index (χ4n) is 2.54. The third kappa shape index (κ3) is 4.99. The molecule has 0 aliphatic carbocycles. The molecule has 2 N–H and O–H groups in total. The SMILES string of the molecule is NCC(CCCc1ccccc1)Cc1cccc(Cl)c1. The summed E-state index contributed by atoms with van der Waals surface area (Å²) in [7, 11) is 0. The van der Waals surface area contributed by atoms with Crippen molar-refractivity contribution in [3.05, 3.63) is 70.7 Å². The van der Waals surface area contributed by atoms with Gasteiger partial charge in [0, 0.05) is 5.02 Å².